The Morgan fingerprint density at radius 1 is 1.04 bits per heavy atom. The summed E-state index contributed by atoms with van der Waals surface area (Å²) in [6.45, 7) is 4.84. The fourth-order valence-corrected chi connectivity index (χ4v) is 3.05. The lowest BCUT2D eigenvalue weighted by Crippen LogP contribution is -2.44. The summed E-state index contributed by atoms with van der Waals surface area (Å²) in [4.78, 5) is 35.1. The summed E-state index contributed by atoms with van der Waals surface area (Å²) in [6, 6.07) is 4.40. The molecule has 0 heterocycles. The van der Waals surface area contributed by atoms with Gasteiger partial charge in [-0.1, -0.05) is 17.7 Å². The fourth-order valence-electron chi connectivity index (χ4n) is 1.87. The van der Waals surface area contributed by atoms with E-state index in [1.54, 1.807) is 19.1 Å². The Morgan fingerprint density at radius 3 is 2.12 bits per heavy atom. The van der Waals surface area contributed by atoms with Crippen molar-refractivity contribution >= 4 is 27.7 Å². The monoisotopic (exact) mass is 371 g/mol. The van der Waals surface area contributed by atoms with Gasteiger partial charge in [0.05, 0.1) is 18.1 Å². The first-order valence-electron chi connectivity index (χ1n) is 7.66. The van der Waals surface area contributed by atoms with Gasteiger partial charge in [-0.15, -0.1) is 0 Å². The molecule has 0 aromatic heterocycles. The Kier molecular flexibility index (Phi) is 7.72. The summed E-state index contributed by atoms with van der Waals surface area (Å²) in [5.41, 5.74) is 0.860. The third kappa shape index (κ3) is 6.28. The predicted octanol–water partition coefficient (Wildman–Crippen LogP) is 0.727. The maximum absolute atomic E-state index is 12.4. The van der Waals surface area contributed by atoms with Crippen LogP contribution in [0.5, 0.6) is 0 Å². The molecule has 0 fully saturated rings. The van der Waals surface area contributed by atoms with Gasteiger partial charge in [0.1, 0.15) is 6.04 Å². The summed E-state index contributed by atoms with van der Waals surface area (Å²) in [5, 5.41) is 0. The predicted molar refractivity (Wildman–Crippen MR) is 88.2 cm³/mol. The van der Waals surface area contributed by atoms with Crippen LogP contribution in [0, 0.1) is 6.92 Å². The first-order valence-corrected chi connectivity index (χ1v) is 9.15. The van der Waals surface area contributed by atoms with Crippen LogP contribution in [0.2, 0.25) is 0 Å². The second-order valence-corrected chi connectivity index (χ2v) is 6.80. The normalized spacial score (nSPS) is 12.3. The highest BCUT2D eigenvalue weighted by molar-refractivity contribution is 7.89. The van der Waals surface area contributed by atoms with Crippen molar-refractivity contribution in [3.63, 3.8) is 0 Å². The van der Waals surface area contributed by atoms with Crippen molar-refractivity contribution in [2.24, 2.45) is 0 Å². The summed E-state index contributed by atoms with van der Waals surface area (Å²) in [5.74, 6) is -3.10. The molecule has 9 heteroatoms. The maximum Gasteiger partial charge on any atom is 0.374 e. The van der Waals surface area contributed by atoms with Crippen LogP contribution in [0.25, 0.3) is 0 Å². The van der Waals surface area contributed by atoms with Gasteiger partial charge in [0.25, 0.3) is 0 Å². The van der Waals surface area contributed by atoms with Crippen molar-refractivity contribution in [2.75, 3.05) is 13.2 Å². The molecular formula is C16H21NO7S. The van der Waals surface area contributed by atoms with E-state index in [0.29, 0.717) is 0 Å². The number of aryl methyl sites for hydroxylation is 1. The van der Waals surface area contributed by atoms with Crippen molar-refractivity contribution in [3.8, 4) is 0 Å². The van der Waals surface area contributed by atoms with Gasteiger partial charge in [-0.25, -0.2) is 13.2 Å². The number of carbonyl (C=O) groups excluding carboxylic acids is 3. The highest BCUT2D eigenvalue weighted by atomic mass is 32.2. The molecule has 0 amide bonds. The zero-order chi connectivity index (χ0) is 19.0. The third-order valence-electron chi connectivity index (χ3n) is 3.09. The van der Waals surface area contributed by atoms with Gasteiger partial charge in [0, 0.05) is 6.42 Å². The first-order chi connectivity index (χ1) is 11.7. The molecule has 0 bridgehead atoms. The molecule has 0 saturated carbocycles. The number of nitrogens with one attached hydrogen (secondary N) is 1. The lowest BCUT2D eigenvalue weighted by atomic mass is 10.1. The molecule has 0 aliphatic carbocycles. The van der Waals surface area contributed by atoms with Crippen molar-refractivity contribution in [3.05, 3.63) is 29.8 Å². The molecule has 0 radical (unpaired) electrons. The van der Waals surface area contributed by atoms with Crippen LogP contribution in [-0.4, -0.2) is 45.4 Å². The van der Waals surface area contributed by atoms with E-state index in [1.807, 2.05) is 0 Å². The summed E-state index contributed by atoms with van der Waals surface area (Å²) < 4.78 is 36.2. The van der Waals surface area contributed by atoms with E-state index >= 15 is 0 Å². The van der Waals surface area contributed by atoms with Gasteiger partial charge >= 0.3 is 11.9 Å². The third-order valence-corrected chi connectivity index (χ3v) is 4.58. The molecule has 0 aliphatic heterocycles. The smallest absolute Gasteiger partial charge is 0.374 e. The molecule has 1 N–H and O–H groups in total. The summed E-state index contributed by atoms with van der Waals surface area (Å²) >= 11 is 0. The fraction of sp³-hybridized carbons (Fsp3) is 0.438. The molecule has 0 saturated heterocycles. The van der Waals surface area contributed by atoms with Crippen LogP contribution >= 0.6 is 0 Å². The SMILES string of the molecule is CCOC(=O)C(=O)C[C@@H](NS(=O)(=O)c1ccc(C)cc1)C(=O)OCC. The summed E-state index contributed by atoms with van der Waals surface area (Å²) in [7, 11) is -4.08. The van der Waals surface area contributed by atoms with Gasteiger partial charge in [0.15, 0.2) is 0 Å². The van der Waals surface area contributed by atoms with Crippen LogP contribution in [0.1, 0.15) is 25.8 Å². The van der Waals surface area contributed by atoms with Crippen molar-refractivity contribution in [1.82, 2.24) is 4.72 Å². The van der Waals surface area contributed by atoms with E-state index in [9.17, 15) is 22.8 Å². The van der Waals surface area contributed by atoms with Gasteiger partial charge in [-0.05, 0) is 32.9 Å². The molecule has 1 rings (SSSR count). The number of sulfonamides is 1. The second kappa shape index (κ2) is 9.28. The molecule has 25 heavy (non-hydrogen) atoms. The number of hydrogen-bond acceptors (Lipinski definition) is 7. The number of ether oxygens (including phenoxy) is 2. The highest BCUT2D eigenvalue weighted by Gasteiger charge is 2.31. The van der Waals surface area contributed by atoms with Crippen molar-refractivity contribution in [1.29, 1.82) is 0 Å². The van der Waals surface area contributed by atoms with Crippen LogP contribution < -0.4 is 4.72 Å². The summed E-state index contributed by atoms with van der Waals surface area (Å²) in [6.07, 6.45) is -0.692. The van der Waals surface area contributed by atoms with Crippen LogP contribution in [0.3, 0.4) is 0 Å². The van der Waals surface area contributed by atoms with Gasteiger partial charge in [-0.3, -0.25) is 9.59 Å². The Bertz CT molecular complexity index is 725. The second-order valence-electron chi connectivity index (χ2n) is 5.09. The lowest BCUT2D eigenvalue weighted by Gasteiger charge is -2.16. The zero-order valence-electron chi connectivity index (χ0n) is 14.3. The molecule has 138 valence electrons. The minimum atomic E-state index is -4.08. The van der Waals surface area contributed by atoms with Crippen molar-refractivity contribution in [2.45, 2.75) is 38.1 Å². The number of carbonyl (C=O) groups is 3. The Hall–Kier alpha value is -2.26. The number of hydrogen-bond donors (Lipinski definition) is 1. The molecular weight excluding hydrogens is 350 g/mol. The van der Waals surface area contributed by atoms with Gasteiger partial charge in [-0.2, -0.15) is 4.72 Å². The van der Waals surface area contributed by atoms with Crippen LogP contribution in [0.15, 0.2) is 29.2 Å². The van der Waals surface area contributed by atoms with E-state index in [4.69, 9.17) is 4.74 Å². The van der Waals surface area contributed by atoms with E-state index in [2.05, 4.69) is 9.46 Å². The standard InChI is InChI=1S/C16H21NO7S/c1-4-23-15(19)13(10-14(18)16(20)24-5-2)17-25(21,22)12-8-6-11(3)7-9-12/h6-9,13,17H,4-5,10H2,1-3H3/t13-/m1/s1. The lowest BCUT2D eigenvalue weighted by molar-refractivity contribution is -0.155. The highest BCUT2D eigenvalue weighted by Crippen LogP contribution is 2.12. The van der Waals surface area contributed by atoms with Gasteiger partial charge < -0.3 is 9.47 Å². The first kappa shape index (κ1) is 20.8. The number of ketones is 1. The van der Waals surface area contributed by atoms with E-state index in [1.165, 1.54) is 26.0 Å². The number of benzene rings is 1. The molecule has 0 unspecified atom stereocenters. The molecule has 1 atom stereocenters. The number of rotatable bonds is 9. The molecule has 1 aromatic carbocycles. The number of Topliss-reactive ketones (excluding diaryl/α,β-unsaturated/α-hetero) is 1. The Morgan fingerprint density at radius 2 is 1.60 bits per heavy atom. The quantitative estimate of drug-likeness (QED) is 0.502. The van der Waals surface area contributed by atoms with E-state index < -0.39 is 40.2 Å². The zero-order valence-corrected chi connectivity index (χ0v) is 15.1. The minimum absolute atomic E-state index is 0.00477. The molecule has 8 nitrogen and oxygen atoms in total. The largest absolute Gasteiger partial charge is 0.465 e. The molecule has 0 spiro atoms. The van der Waals surface area contributed by atoms with Crippen LogP contribution in [0.4, 0.5) is 0 Å². The number of esters is 2. The Balaban J connectivity index is 3.00. The van der Waals surface area contributed by atoms with Crippen LogP contribution in [-0.2, 0) is 33.9 Å². The minimum Gasteiger partial charge on any atom is -0.465 e. The maximum atomic E-state index is 12.4. The topological polar surface area (TPSA) is 116 Å². The van der Waals surface area contributed by atoms with Crippen molar-refractivity contribution < 1.29 is 32.3 Å². The van der Waals surface area contributed by atoms with E-state index in [0.717, 1.165) is 5.56 Å². The molecule has 0 aliphatic rings. The average molecular weight is 371 g/mol. The Labute approximate surface area is 146 Å². The average Bonchev–Trinajstić information content (AvgIpc) is 2.54. The van der Waals surface area contributed by atoms with Gasteiger partial charge in [0.2, 0.25) is 15.8 Å². The van der Waals surface area contributed by atoms with E-state index in [-0.39, 0.29) is 18.1 Å². The molecule has 1 aromatic rings.